The van der Waals surface area contributed by atoms with E-state index < -0.39 is 5.69 Å². The molecule has 0 bridgehead atoms. The van der Waals surface area contributed by atoms with E-state index in [1.165, 1.54) is 13.2 Å². The smallest absolute Gasteiger partial charge is 0.328 e. The topological polar surface area (TPSA) is 102 Å². The molecule has 0 saturated carbocycles. The van der Waals surface area contributed by atoms with E-state index in [2.05, 4.69) is 20.3 Å². The number of H-pyrrole nitrogens is 1. The van der Waals surface area contributed by atoms with Gasteiger partial charge in [-0.3, -0.25) is 9.36 Å². The maximum atomic E-state index is 12.0. The Kier molecular flexibility index (Phi) is 4.75. The molecule has 0 amide bonds. The van der Waals surface area contributed by atoms with E-state index in [4.69, 9.17) is 4.74 Å². The maximum absolute atomic E-state index is 12.0. The summed E-state index contributed by atoms with van der Waals surface area (Å²) in [5.41, 5.74) is 0.858. The van der Waals surface area contributed by atoms with Gasteiger partial charge in [-0.25, -0.2) is 14.8 Å². The van der Waals surface area contributed by atoms with Crippen LogP contribution in [0.25, 0.3) is 0 Å². The van der Waals surface area contributed by atoms with Crippen LogP contribution in [0.3, 0.4) is 0 Å². The second kappa shape index (κ2) is 6.96. The first-order valence-electron chi connectivity index (χ1n) is 7.99. The van der Waals surface area contributed by atoms with E-state index in [9.17, 15) is 9.59 Å². The number of ether oxygens (including phenoxy) is 1. The van der Waals surface area contributed by atoms with Crippen molar-refractivity contribution in [1.29, 1.82) is 0 Å². The highest BCUT2D eigenvalue weighted by Gasteiger charge is 2.20. The van der Waals surface area contributed by atoms with Crippen molar-refractivity contribution < 1.29 is 4.74 Å². The number of hydrogen-bond donors (Lipinski definition) is 2. The number of aryl methyl sites for hydroxylation is 1. The molecule has 0 unspecified atom stereocenters. The van der Waals surface area contributed by atoms with Crippen molar-refractivity contribution >= 4 is 5.82 Å². The summed E-state index contributed by atoms with van der Waals surface area (Å²) in [6.45, 7) is 3.87. The Bertz CT molecular complexity index is 836. The standard InChI is InChI=1S/C16H21N5O3/c1-10-19-13(12-4-6-24-9-12)7-14(20-10)17-5-3-11-8-18-16(23)21(2)15(11)22/h7-8,12H,3-6,9H2,1-2H3,(H,18,23)(H,17,19,20)/t12-/m1/s1. The fourth-order valence-electron chi connectivity index (χ4n) is 2.78. The van der Waals surface area contributed by atoms with E-state index in [1.807, 2.05) is 13.0 Å². The van der Waals surface area contributed by atoms with Crippen LogP contribution in [0.5, 0.6) is 0 Å². The molecule has 1 saturated heterocycles. The van der Waals surface area contributed by atoms with Gasteiger partial charge in [-0.05, 0) is 19.8 Å². The highest BCUT2D eigenvalue weighted by Crippen LogP contribution is 2.24. The average molecular weight is 331 g/mol. The number of nitrogens with zero attached hydrogens (tertiary/aromatic N) is 3. The van der Waals surface area contributed by atoms with Crippen LogP contribution in [0, 0.1) is 6.92 Å². The highest BCUT2D eigenvalue weighted by molar-refractivity contribution is 5.37. The van der Waals surface area contributed by atoms with Gasteiger partial charge < -0.3 is 15.0 Å². The molecule has 0 aromatic carbocycles. The molecule has 2 N–H and O–H groups in total. The average Bonchev–Trinajstić information content (AvgIpc) is 3.09. The van der Waals surface area contributed by atoms with Crippen molar-refractivity contribution in [3.63, 3.8) is 0 Å². The van der Waals surface area contributed by atoms with Gasteiger partial charge in [-0.2, -0.15) is 0 Å². The molecule has 0 aliphatic carbocycles. The van der Waals surface area contributed by atoms with Crippen molar-refractivity contribution in [2.75, 3.05) is 25.1 Å². The third-order valence-corrected chi connectivity index (χ3v) is 4.16. The van der Waals surface area contributed by atoms with Crippen LogP contribution in [0.2, 0.25) is 0 Å². The lowest BCUT2D eigenvalue weighted by Crippen LogP contribution is -2.34. The SMILES string of the molecule is Cc1nc(NCCc2c[nH]c(=O)n(C)c2=O)cc([C@@H]2CCOC2)n1. The van der Waals surface area contributed by atoms with Crippen LogP contribution in [-0.2, 0) is 18.2 Å². The Morgan fingerprint density at radius 1 is 1.42 bits per heavy atom. The minimum Gasteiger partial charge on any atom is -0.381 e. The van der Waals surface area contributed by atoms with Gasteiger partial charge in [0, 0.05) is 43.9 Å². The van der Waals surface area contributed by atoms with Crippen molar-refractivity contribution in [3.05, 3.63) is 50.2 Å². The van der Waals surface area contributed by atoms with E-state index >= 15 is 0 Å². The molecule has 0 radical (unpaired) electrons. The number of hydrogen-bond acceptors (Lipinski definition) is 6. The van der Waals surface area contributed by atoms with Crippen molar-refractivity contribution in [3.8, 4) is 0 Å². The lowest BCUT2D eigenvalue weighted by Gasteiger charge is -2.11. The second-order valence-electron chi connectivity index (χ2n) is 5.95. The largest absolute Gasteiger partial charge is 0.381 e. The molecular formula is C16H21N5O3. The van der Waals surface area contributed by atoms with Crippen LogP contribution in [0.4, 0.5) is 5.82 Å². The maximum Gasteiger partial charge on any atom is 0.328 e. The predicted molar refractivity (Wildman–Crippen MR) is 89.4 cm³/mol. The third-order valence-electron chi connectivity index (χ3n) is 4.16. The Balaban J connectivity index is 1.68. The summed E-state index contributed by atoms with van der Waals surface area (Å²) in [7, 11) is 1.46. The zero-order valence-corrected chi connectivity index (χ0v) is 13.8. The molecule has 3 heterocycles. The summed E-state index contributed by atoms with van der Waals surface area (Å²) in [6.07, 6.45) is 2.94. The van der Waals surface area contributed by atoms with Gasteiger partial charge in [0.2, 0.25) is 0 Å². The van der Waals surface area contributed by atoms with Gasteiger partial charge >= 0.3 is 5.69 Å². The number of aromatic nitrogens is 4. The Labute approximate surface area is 138 Å². The van der Waals surface area contributed by atoms with Gasteiger partial charge in [0.25, 0.3) is 5.56 Å². The third kappa shape index (κ3) is 3.53. The van der Waals surface area contributed by atoms with E-state index in [0.717, 1.165) is 29.1 Å². The lowest BCUT2D eigenvalue weighted by atomic mass is 10.0. The fraction of sp³-hybridized carbons (Fsp3) is 0.500. The van der Waals surface area contributed by atoms with Gasteiger partial charge in [0.05, 0.1) is 12.3 Å². The summed E-state index contributed by atoms with van der Waals surface area (Å²) in [5, 5.41) is 3.23. The first-order chi connectivity index (χ1) is 11.5. The molecular weight excluding hydrogens is 310 g/mol. The minimum absolute atomic E-state index is 0.275. The van der Waals surface area contributed by atoms with Crippen LogP contribution in [0.1, 0.15) is 29.4 Å². The normalized spacial score (nSPS) is 17.2. The molecule has 128 valence electrons. The van der Waals surface area contributed by atoms with Gasteiger partial charge in [0.1, 0.15) is 11.6 Å². The molecule has 24 heavy (non-hydrogen) atoms. The Morgan fingerprint density at radius 2 is 2.25 bits per heavy atom. The van der Waals surface area contributed by atoms with Crippen LogP contribution >= 0.6 is 0 Å². The van der Waals surface area contributed by atoms with Crippen molar-refractivity contribution in [2.45, 2.75) is 25.7 Å². The van der Waals surface area contributed by atoms with Crippen molar-refractivity contribution in [1.82, 2.24) is 19.5 Å². The summed E-state index contributed by atoms with van der Waals surface area (Å²) < 4.78 is 6.49. The van der Waals surface area contributed by atoms with E-state index in [0.29, 0.717) is 36.9 Å². The molecule has 2 aromatic heterocycles. The number of nitrogens with one attached hydrogen (secondary N) is 2. The minimum atomic E-state index is -0.411. The summed E-state index contributed by atoms with van der Waals surface area (Å²) in [6, 6.07) is 1.94. The van der Waals surface area contributed by atoms with E-state index in [1.54, 1.807) is 0 Å². The Morgan fingerprint density at radius 3 is 3.00 bits per heavy atom. The first kappa shape index (κ1) is 16.4. The monoisotopic (exact) mass is 331 g/mol. The van der Waals surface area contributed by atoms with Crippen LogP contribution in [-0.4, -0.2) is 39.3 Å². The molecule has 3 rings (SSSR count). The van der Waals surface area contributed by atoms with Crippen molar-refractivity contribution in [2.24, 2.45) is 7.05 Å². The molecule has 1 fully saturated rings. The molecule has 1 atom stereocenters. The summed E-state index contributed by atoms with van der Waals surface area (Å²) in [5.74, 6) is 1.77. The van der Waals surface area contributed by atoms with E-state index in [-0.39, 0.29) is 5.56 Å². The number of anilines is 1. The zero-order valence-electron chi connectivity index (χ0n) is 13.8. The van der Waals surface area contributed by atoms with Gasteiger partial charge in [-0.15, -0.1) is 0 Å². The second-order valence-corrected chi connectivity index (χ2v) is 5.95. The summed E-state index contributed by atoms with van der Waals surface area (Å²) >= 11 is 0. The molecule has 8 nitrogen and oxygen atoms in total. The molecule has 1 aliphatic heterocycles. The number of aromatic amines is 1. The van der Waals surface area contributed by atoms with Crippen LogP contribution < -0.4 is 16.6 Å². The molecule has 1 aliphatic rings. The predicted octanol–water partition coefficient (Wildman–Crippen LogP) is 0.331. The highest BCUT2D eigenvalue weighted by atomic mass is 16.5. The quantitative estimate of drug-likeness (QED) is 0.819. The molecule has 8 heteroatoms. The lowest BCUT2D eigenvalue weighted by molar-refractivity contribution is 0.193. The zero-order chi connectivity index (χ0) is 17.1. The number of rotatable bonds is 5. The first-order valence-corrected chi connectivity index (χ1v) is 7.99. The Hall–Kier alpha value is -2.48. The van der Waals surface area contributed by atoms with Gasteiger partial charge in [0.15, 0.2) is 0 Å². The molecule has 0 spiro atoms. The van der Waals surface area contributed by atoms with Gasteiger partial charge in [-0.1, -0.05) is 0 Å². The summed E-state index contributed by atoms with van der Waals surface area (Å²) in [4.78, 5) is 34.8. The molecule has 2 aromatic rings. The fourth-order valence-corrected chi connectivity index (χ4v) is 2.78. The van der Waals surface area contributed by atoms with Crippen LogP contribution in [0.15, 0.2) is 21.9 Å².